The zero-order valence-electron chi connectivity index (χ0n) is 11.7. The average molecular weight is 325 g/mol. The number of hydrogen-bond donors (Lipinski definition) is 0. The minimum absolute atomic E-state index is 0.619. The highest BCUT2D eigenvalue weighted by Gasteiger charge is 2.02. The number of aromatic nitrogens is 2. The molecule has 0 bridgehead atoms. The number of benzene rings is 2. The molecule has 2 heterocycles. The monoisotopic (exact) mass is 325 g/mol. The van der Waals surface area contributed by atoms with Crippen LogP contribution >= 0.6 is 22.7 Å². The minimum atomic E-state index is 0.619. The van der Waals surface area contributed by atoms with Gasteiger partial charge in [-0.25, -0.2) is 4.98 Å². The summed E-state index contributed by atoms with van der Waals surface area (Å²) in [4.78, 5) is 5.21. The molecule has 0 radical (unpaired) electrons. The second-order valence-electron chi connectivity index (χ2n) is 4.66. The predicted molar refractivity (Wildman–Crippen MR) is 90.5 cm³/mol. The van der Waals surface area contributed by atoms with Crippen molar-refractivity contribution in [2.75, 3.05) is 0 Å². The molecule has 0 spiro atoms. The second-order valence-corrected chi connectivity index (χ2v) is 6.68. The predicted octanol–water partition coefficient (Wildman–Crippen LogP) is 4.45. The third-order valence-corrected chi connectivity index (χ3v) is 5.28. The van der Waals surface area contributed by atoms with Crippen molar-refractivity contribution in [2.24, 2.45) is 22.5 Å². The SMILES string of the molecule is Cn1/c(=N\N=N\c2nc3ccccc3s2)sc2ccccc21. The zero-order chi connectivity index (χ0) is 14.9. The van der Waals surface area contributed by atoms with Gasteiger partial charge in [0.25, 0.3) is 0 Å². The molecule has 0 N–H and O–H groups in total. The van der Waals surface area contributed by atoms with Crippen LogP contribution in [0.3, 0.4) is 0 Å². The van der Waals surface area contributed by atoms with Crippen molar-refractivity contribution in [1.82, 2.24) is 9.55 Å². The molecule has 7 heteroatoms. The molecule has 0 aliphatic carbocycles. The highest BCUT2D eigenvalue weighted by molar-refractivity contribution is 7.21. The van der Waals surface area contributed by atoms with Crippen LogP contribution in [0.15, 0.2) is 64.0 Å². The lowest BCUT2D eigenvalue weighted by Crippen LogP contribution is -2.08. The number of para-hydroxylation sites is 2. The van der Waals surface area contributed by atoms with Gasteiger partial charge in [0.15, 0.2) is 0 Å². The van der Waals surface area contributed by atoms with Crippen molar-refractivity contribution in [3.8, 4) is 0 Å². The van der Waals surface area contributed by atoms with Crippen molar-refractivity contribution >= 4 is 48.2 Å². The van der Waals surface area contributed by atoms with Crippen LogP contribution in [0.1, 0.15) is 0 Å². The van der Waals surface area contributed by atoms with Gasteiger partial charge in [-0.05, 0) is 29.5 Å². The fourth-order valence-electron chi connectivity index (χ4n) is 2.18. The molecule has 108 valence electrons. The fourth-order valence-corrected chi connectivity index (χ4v) is 3.93. The van der Waals surface area contributed by atoms with Gasteiger partial charge >= 0.3 is 0 Å². The van der Waals surface area contributed by atoms with Gasteiger partial charge in [0.2, 0.25) is 9.93 Å². The van der Waals surface area contributed by atoms with Crippen LogP contribution in [0.4, 0.5) is 5.13 Å². The third-order valence-electron chi connectivity index (χ3n) is 3.26. The Balaban J connectivity index is 1.71. The highest BCUT2D eigenvalue weighted by Crippen LogP contribution is 2.27. The van der Waals surface area contributed by atoms with Crippen LogP contribution in [0.2, 0.25) is 0 Å². The Morgan fingerprint density at radius 1 is 0.955 bits per heavy atom. The van der Waals surface area contributed by atoms with Crippen molar-refractivity contribution in [3.05, 3.63) is 53.3 Å². The summed E-state index contributed by atoms with van der Waals surface area (Å²) in [5.74, 6) is 0. The van der Waals surface area contributed by atoms with Gasteiger partial charge < -0.3 is 4.57 Å². The van der Waals surface area contributed by atoms with Crippen LogP contribution in [0.5, 0.6) is 0 Å². The zero-order valence-corrected chi connectivity index (χ0v) is 13.3. The second kappa shape index (κ2) is 5.43. The fraction of sp³-hybridized carbons (Fsp3) is 0.0667. The summed E-state index contributed by atoms with van der Waals surface area (Å²) in [7, 11) is 1.98. The standard InChI is InChI=1S/C15H11N5S2/c1-20-11-7-3-5-9-13(11)22-15(20)18-19-17-14-16-10-6-2-4-8-12(10)21-14/h2-9H,1H3/b18-15+,19-17+. The molecule has 0 unspecified atom stereocenters. The summed E-state index contributed by atoms with van der Waals surface area (Å²) in [6, 6.07) is 16.1. The van der Waals surface area contributed by atoms with E-state index in [2.05, 4.69) is 32.6 Å². The molecule has 0 atom stereocenters. The first-order valence-electron chi connectivity index (χ1n) is 6.66. The van der Waals surface area contributed by atoms with Gasteiger partial charge in [0.1, 0.15) is 0 Å². The van der Waals surface area contributed by atoms with Crippen molar-refractivity contribution < 1.29 is 0 Å². The lowest BCUT2D eigenvalue weighted by molar-refractivity contribution is 0.867. The van der Waals surface area contributed by atoms with Crippen LogP contribution in [-0.4, -0.2) is 9.55 Å². The Labute approximate surface area is 133 Å². The summed E-state index contributed by atoms with van der Waals surface area (Å²) in [5.41, 5.74) is 2.08. The number of hydrogen-bond acceptors (Lipinski definition) is 5. The molecule has 2 aromatic carbocycles. The lowest BCUT2D eigenvalue weighted by atomic mass is 10.3. The van der Waals surface area contributed by atoms with Crippen molar-refractivity contribution in [1.29, 1.82) is 0 Å². The van der Waals surface area contributed by atoms with E-state index >= 15 is 0 Å². The summed E-state index contributed by atoms with van der Waals surface area (Å²) >= 11 is 3.10. The van der Waals surface area contributed by atoms with E-state index in [0.717, 1.165) is 20.5 Å². The Morgan fingerprint density at radius 3 is 2.55 bits per heavy atom. The molecule has 0 aliphatic heterocycles. The highest BCUT2D eigenvalue weighted by atomic mass is 32.1. The maximum Gasteiger partial charge on any atom is 0.232 e. The van der Waals surface area contributed by atoms with E-state index in [0.29, 0.717) is 5.13 Å². The Kier molecular flexibility index (Phi) is 3.28. The van der Waals surface area contributed by atoms with Gasteiger partial charge in [-0.2, -0.15) is 0 Å². The Bertz CT molecular complexity index is 1020. The third kappa shape index (κ3) is 2.34. The van der Waals surface area contributed by atoms with E-state index in [1.54, 1.807) is 11.3 Å². The summed E-state index contributed by atoms with van der Waals surface area (Å²) in [5, 5.41) is 12.9. The molecule has 22 heavy (non-hydrogen) atoms. The number of rotatable bonds is 2. The van der Waals surface area contributed by atoms with Crippen LogP contribution < -0.4 is 4.80 Å². The van der Waals surface area contributed by atoms with Gasteiger partial charge in [-0.1, -0.05) is 52.1 Å². The number of aryl methyl sites for hydroxylation is 1. The Morgan fingerprint density at radius 2 is 1.73 bits per heavy atom. The first-order valence-corrected chi connectivity index (χ1v) is 8.29. The lowest BCUT2D eigenvalue weighted by Gasteiger charge is -1.91. The number of thiazole rings is 2. The quantitative estimate of drug-likeness (QED) is 0.397. The van der Waals surface area contributed by atoms with Gasteiger partial charge in [0.05, 0.1) is 20.4 Å². The molecule has 5 nitrogen and oxygen atoms in total. The maximum atomic E-state index is 4.40. The maximum absolute atomic E-state index is 4.40. The first-order chi connectivity index (χ1) is 10.8. The molecule has 0 aliphatic rings. The van der Waals surface area contributed by atoms with E-state index in [1.165, 1.54) is 16.0 Å². The first kappa shape index (κ1) is 13.3. The summed E-state index contributed by atoms with van der Waals surface area (Å²) in [6.45, 7) is 0. The number of nitrogens with zero attached hydrogens (tertiary/aromatic N) is 5. The van der Waals surface area contributed by atoms with Gasteiger partial charge in [-0.3, -0.25) is 0 Å². The molecule has 0 saturated carbocycles. The minimum Gasteiger partial charge on any atom is -0.318 e. The van der Waals surface area contributed by atoms with Gasteiger partial charge in [0, 0.05) is 7.05 Å². The molecular weight excluding hydrogens is 314 g/mol. The van der Waals surface area contributed by atoms with E-state index in [-0.39, 0.29) is 0 Å². The average Bonchev–Trinajstić information content (AvgIpc) is 3.09. The molecule has 4 rings (SSSR count). The van der Waals surface area contributed by atoms with Crippen LogP contribution in [-0.2, 0) is 7.05 Å². The van der Waals surface area contributed by atoms with E-state index in [1.807, 2.05) is 48.0 Å². The topological polar surface area (TPSA) is 54.9 Å². The normalized spacial score (nSPS) is 12.9. The number of fused-ring (bicyclic) bond motifs is 2. The van der Waals surface area contributed by atoms with E-state index < -0.39 is 0 Å². The van der Waals surface area contributed by atoms with E-state index in [9.17, 15) is 0 Å². The van der Waals surface area contributed by atoms with Crippen LogP contribution in [0.25, 0.3) is 20.4 Å². The smallest absolute Gasteiger partial charge is 0.232 e. The van der Waals surface area contributed by atoms with E-state index in [4.69, 9.17) is 0 Å². The molecule has 0 amide bonds. The van der Waals surface area contributed by atoms with Crippen LogP contribution in [0, 0.1) is 0 Å². The molecule has 0 fully saturated rings. The van der Waals surface area contributed by atoms with Gasteiger partial charge in [-0.15, -0.1) is 5.10 Å². The molecule has 0 saturated heterocycles. The van der Waals surface area contributed by atoms with Crippen molar-refractivity contribution in [3.63, 3.8) is 0 Å². The Hall–Kier alpha value is -2.38. The molecular formula is C15H11N5S2. The molecule has 2 aromatic heterocycles. The largest absolute Gasteiger partial charge is 0.318 e. The molecule has 4 aromatic rings. The summed E-state index contributed by atoms with van der Waals surface area (Å²) in [6.07, 6.45) is 0. The summed E-state index contributed by atoms with van der Waals surface area (Å²) < 4.78 is 4.29. The van der Waals surface area contributed by atoms with Crippen molar-refractivity contribution in [2.45, 2.75) is 0 Å².